The van der Waals surface area contributed by atoms with Gasteiger partial charge in [0.05, 0.1) is 6.10 Å². The van der Waals surface area contributed by atoms with Crippen molar-refractivity contribution in [1.82, 2.24) is 0 Å². The highest BCUT2D eigenvalue weighted by atomic mass is 32.1. The Morgan fingerprint density at radius 3 is 2.56 bits per heavy atom. The highest BCUT2D eigenvalue weighted by Crippen LogP contribution is 2.41. The molecule has 0 saturated heterocycles. The van der Waals surface area contributed by atoms with E-state index < -0.39 is 12.0 Å². The molecule has 1 aromatic heterocycles. The zero-order valence-electron chi connectivity index (χ0n) is 9.25. The second-order valence-corrected chi connectivity index (χ2v) is 5.74. The Balaban J connectivity index is 1.99. The average Bonchev–Trinajstić information content (AvgIpc) is 2.64. The number of halogens is 2. The molecule has 1 nitrogen and oxygen atoms in total. The van der Waals surface area contributed by atoms with E-state index in [4.69, 9.17) is 0 Å². The smallest absolute Gasteiger partial charge is 0.248 e. The first kappa shape index (κ1) is 12.0. The molecule has 4 heteroatoms. The molecule has 1 aliphatic rings. The van der Waals surface area contributed by atoms with Crippen molar-refractivity contribution in [2.75, 3.05) is 0 Å². The van der Waals surface area contributed by atoms with Crippen LogP contribution in [0, 0.1) is 12.8 Å². The minimum atomic E-state index is -2.51. The number of aryl methyl sites for hydroxylation is 1. The number of alkyl halides is 2. The van der Waals surface area contributed by atoms with Crippen LogP contribution in [-0.4, -0.2) is 11.0 Å². The average molecular weight is 246 g/mol. The molecule has 1 fully saturated rings. The standard InChI is InChI=1S/C12H16F2OS/c1-8-6-10(7-16-8)11(15)9-2-4-12(13,14)5-3-9/h6-7,9,11,15H,2-5H2,1H3. The van der Waals surface area contributed by atoms with Gasteiger partial charge in [-0.2, -0.15) is 0 Å². The molecule has 0 radical (unpaired) electrons. The number of aliphatic hydroxyl groups is 1. The van der Waals surface area contributed by atoms with Gasteiger partial charge in [0, 0.05) is 17.7 Å². The van der Waals surface area contributed by atoms with E-state index in [1.165, 1.54) is 0 Å². The number of thiophene rings is 1. The fourth-order valence-corrected chi connectivity index (χ4v) is 3.00. The van der Waals surface area contributed by atoms with Gasteiger partial charge in [-0.3, -0.25) is 0 Å². The van der Waals surface area contributed by atoms with Gasteiger partial charge in [0.15, 0.2) is 0 Å². The summed E-state index contributed by atoms with van der Waals surface area (Å²) >= 11 is 1.59. The van der Waals surface area contributed by atoms with Gasteiger partial charge in [0.1, 0.15) is 0 Å². The van der Waals surface area contributed by atoms with E-state index in [9.17, 15) is 13.9 Å². The number of aliphatic hydroxyl groups excluding tert-OH is 1. The summed E-state index contributed by atoms with van der Waals surface area (Å²) in [5.41, 5.74) is 0.887. The van der Waals surface area contributed by atoms with Crippen LogP contribution in [0.15, 0.2) is 11.4 Å². The Kier molecular flexibility index (Phi) is 3.31. The lowest BCUT2D eigenvalue weighted by atomic mass is 9.81. The van der Waals surface area contributed by atoms with Gasteiger partial charge < -0.3 is 5.11 Å². The second-order valence-electron chi connectivity index (χ2n) is 4.63. The molecule has 16 heavy (non-hydrogen) atoms. The second kappa shape index (κ2) is 4.41. The van der Waals surface area contributed by atoms with Crippen LogP contribution in [0.3, 0.4) is 0 Å². The van der Waals surface area contributed by atoms with E-state index in [1.54, 1.807) is 11.3 Å². The van der Waals surface area contributed by atoms with Crippen molar-refractivity contribution in [3.8, 4) is 0 Å². The topological polar surface area (TPSA) is 20.2 Å². The number of hydrogen-bond donors (Lipinski definition) is 1. The van der Waals surface area contributed by atoms with E-state index in [1.807, 2.05) is 18.4 Å². The van der Waals surface area contributed by atoms with Crippen molar-refractivity contribution < 1.29 is 13.9 Å². The molecule has 1 aliphatic carbocycles. The third-order valence-corrected chi connectivity index (χ3v) is 4.18. The molecular formula is C12H16F2OS. The maximum Gasteiger partial charge on any atom is 0.248 e. The lowest BCUT2D eigenvalue weighted by molar-refractivity contribution is -0.0626. The van der Waals surface area contributed by atoms with E-state index >= 15 is 0 Å². The highest BCUT2D eigenvalue weighted by molar-refractivity contribution is 7.10. The number of hydrogen-bond acceptors (Lipinski definition) is 2. The SMILES string of the molecule is Cc1cc(C(O)C2CCC(F)(F)CC2)cs1. The summed E-state index contributed by atoms with van der Waals surface area (Å²) in [4.78, 5) is 1.15. The Labute approximate surface area is 98.1 Å². The third kappa shape index (κ3) is 2.61. The van der Waals surface area contributed by atoms with Gasteiger partial charge in [0.25, 0.3) is 0 Å². The first-order valence-electron chi connectivity index (χ1n) is 5.59. The van der Waals surface area contributed by atoms with Gasteiger partial charge in [-0.25, -0.2) is 8.78 Å². The Morgan fingerprint density at radius 2 is 2.06 bits per heavy atom. The highest BCUT2D eigenvalue weighted by Gasteiger charge is 2.37. The molecule has 0 aliphatic heterocycles. The minimum Gasteiger partial charge on any atom is -0.388 e. The van der Waals surface area contributed by atoms with E-state index in [-0.39, 0.29) is 18.8 Å². The molecule has 0 amide bonds. The van der Waals surface area contributed by atoms with Gasteiger partial charge >= 0.3 is 0 Å². The molecule has 1 atom stereocenters. The van der Waals surface area contributed by atoms with Crippen molar-refractivity contribution >= 4 is 11.3 Å². The molecule has 2 rings (SSSR count). The largest absolute Gasteiger partial charge is 0.388 e. The molecule has 1 saturated carbocycles. The predicted molar refractivity (Wildman–Crippen MR) is 60.9 cm³/mol. The Bertz CT molecular complexity index is 352. The van der Waals surface area contributed by atoms with Gasteiger partial charge in [0.2, 0.25) is 5.92 Å². The monoisotopic (exact) mass is 246 g/mol. The van der Waals surface area contributed by atoms with Crippen LogP contribution in [0.4, 0.5) is 8.78 Å². The molecular weight excluding hydrogens is 230 g/mol. The molecule has 0 spiro atoms. The Morgan fingerprint density at radius 1 is 1.44 bits per heavy atom. The van der Waals surface area contributed by atoms with Crippen molar-refractivity contribution in [1.29, 1.82) is 0 Å². The summed E-state index contributed by atoms with van der Waals surface area (Å²) in [6, 6.07) is 1.95. The zero-order valence-corrected chi connectivity index (χ0v) is 10.1. The van der Waals surface area contributed by atoms with Crippen molar-refractivity contribution in [2.24, 2.45) is 5.92 Å². The Hall–Kier alpha value is -0.480. The van der Waals surface area contributed by atoms with E-state index in [0.717, 1.165) is 10.4 Å². The lowest BCUT2D eigenvalue weighted by Crippen LogP contribution is -2.27. The summed E-state index contributed by atoms with van der Waals surface area (Å²) in [6.07, 6.45) is 0.1000. The molecule has 90 valence electrons. The van der Waals surface area contributed by atoms with Crippen LogP contribution in [0.2, 0.25) is 0 Å². The normalized spacial score (nSPS) is 23.2. The maximum atomic E-state index is 13.0. The fraction of sp³-hybridized carbons (Fsp3) is 0.667. The predicted octanol–water partition coefficient (Wildman–Crippen LogP) is 3.92. The lowest BCUT2D eigenvalue weighted by Gasteiger charge is -2.31. The summed E-state index contributed by atoms with van der Waals surface area (Å²) < 4.78 is 25.9. The first-order chi connectivity index (χ1) is 7.48. The molecule has 1 heterocycles. The van der Waals surface area contributed by atoms with Crippen LogP contribution in [-0.2, 0) is 0 Å². The molecule has 1 N–H and O–H groups in total. The quantitative estimate of drug-likeness (QED) is 0.838. The molecule has 0 aromatic carbocycles. The summed E-state index contributed by atoms with van der Waals surface area (Å²) in [5, 5.41) is 12.0. The van der Waals surface area contributed by atoms with Crippen molar-refractivity contribution in [3.63, 3.8) is 0 Å². The van der Waals surface area contributed by atoms with Crippen LogP contribution >= 0.6 is 11.3 Å². The zero-order chi connectivity index (χ0) is 11.8. The first-order valence-corrected chi connectivity index (χ1v) is 6.47. The van der Waals surface area contributed by atoms with Crippen LogP contribution in [0.5, 0.6) is 0 Å². The molecule has 1 unspecified atom stereocenters. The van der Waals surface area contributed by atoms with E-state index in [0.29, 0.717) is 12.8 Å². The van der Waals surface area contributed by atoms with Gasteiger partial charge in [-0.1, -0.05) is 0 Å². The van der Waals surface area contributed by atoms with Crippen LogP contribution in [0.1, 0.15) is 42.2 Å². The third-order valence-electron chi connectivity index (χ3n) is 3.30. The summed E-state index contributed by atoms with van der Waals surface area (Å²) in [5.74, 6) is -2.52. The minimum absolute atomic E-state index is 0.00590. The van der Waals surface area contributed by atoms with Gasteiger partial charge in [-0.15, -0.1) is 11.3 Å². The van der Waals surface area contributed by atoms with Crippen LogP contribution < -0.4 is 0 Å². The van der Waals surface area contributed by atoms with Crippen molar-refractivity contribution in [2.45, 2.75) is 44.6 Å². The molecule has 1 aromatic rings. The summed E-state index contributed by atoms with van der Waals surface area (Å²) in [7, 11) is 0. The summed E-state index contributed by atoms with van der Waals surface area (Å²) in [6.45, 7) is 1.98. The van der Waals surface area contributed by atoms with Crippen molar-refractivity contribution in [3.05, 3.63) is 21.9 Å². The molecule has 0 bridgehead atoms. The van der Waals surface area contributed by atoms with Crippen LogP contribution in [0.25, 0.3) is 0 Å². The fourth-order valence-electron chi connectivity index (χ4n) is 2.27. The van der Waals surface area contributed by atoms with E-state index in [2.05, 4.69) is 0 Å². The number of rotatable bonds is 2. The maximum absolute atomic E-state index is 13.0. The van der Waals surface area contributed by atoms with Gasteiger partial charge in [-0.05, 0) is 42.7 Å².